The second-order valence-corrected chi connectivity index (χ2v) is 6.49. The van der Waals surface area contributed by atoms with E-state index in [2.05, 4.69) is 29.6 Å². The summed E-state index contributed by atoms with van der Waals surface area (Å²) in [5.41, 5.74) is 3.00. The second-order valence-electron chi connectivity index (χ2n) is 6.49. The first-order valence-corrected chi connectivity index (χ1v) is 7.79. The van der Waals surface area contributed by atoms with Crippen LogP contribution in [0.15, 0.2) is 54.6 Å². The fraction of sp³-hybridized carbons (Fsp3) is 0.316. The van der Waals surface area contributed by atoms with Crippen molar-refractivity contribution in [2.24, 2.45) is 11.3 Å². The van der Waals surface area contributed by atoms with Crippen molar-refractivity contribution in [1.82, 2.24) is 5.32 Å². The maximum absolute atomic E-state index is 12.1. The van der Waals surface area contributed by atoms with E-state index < -0.39 is 11.4 Å². The van der Waals surface area contributed by atoms with Crippen molar-refractivity contribution >= 4 is 5.97 Å². The third kappa shape index (κ3) is 1.89. The minimum absolute atomic E-state index is 0.0994. The van der Waals surface area contributed by atoms with Crippen LogP contribution in [0.5, 0.6) is 0 Å². The highest BCUT2D eigenvalue weighted by atomic mass is 16.4. The first-order chi connectivity index (χ1) is 10.7. The third-order valence-electron chi connectivity index (χ3n) is 5.40. The number of rotatable bonds is 2. The minimum atomic E-state index is -0.686. The van der Waals surface area contributed by atoms with E-state index in [9.17, 15) is 9.90 Å². The van der Waals surface area contributed by atoms with Gasteiger partial charge in [0.25, 0.3) is 0 Å². The summed E-state index contributed by atoms with van der Waals surface area (Å²) < 4.78 is 0. The van der Waals surface area contributed by atoms with E-state index in [0.717, 1.165) is 6.42 Å². The van der Waals surface area contributed by atoms with Crippen molar-refractivity contribution in [1.29, 1.82) is 0 Å². The predicted molar refractivity (Wildman–Crippen MR) is 84.6 cm³/mol. The van der Waals surface area contributed by atoms with Crippen LogP contribution < -0.4 is 5.32 Å². The quantitative estimate of drug-likeness (QED) is 0.895. The van der Waals surface area contributed by atoms with Gasteiger partial charge in [-0.1, -0.05) is 54.6 Å². The molecule has 2 aliphatic rings. The van der Waals surface area contributed by atoms with E-state index in [1.807, 2.05) is 30.3 Å². The average molecular weight is 293 g/mol. The molecular formula is C19H19NO2. The standard InChI is InChI=1S/C19H19NO2/c21-18(22)19-11-15-9-5-4-8-14(15)10-16(19)17(20-12-19)13-6-2-1-3-7-13/h1-9,16-17,20H,10-12H2,(H,21,22). The highest BCUT2D eigenvalue weighted by Gasteiger charge is 2.55. The van der Waals surface area contributed by atoms with Crippen LogP contribution in [0.3, 0.4) is 0 Å². The lowest BCUT2D eigenvalue weighted by atomic mass is 9.63. The number of carboxylic acids is 1. The molecule has 3 unspecified atom stereocenters. The van der Waals surface area contributed by atoms with Gasteiger partial charge >= 0.3 is 5.97 Å². The first-order valence-electron chi connectivity index (χ1n) is 7.79. The van der Waals surface area contributed by atoms with Crippen molar-refractivity contribution in [2.45, 2.75) is 18.9 Å². The van der Waals surface area contributed by atoms with Crippen LogP contribution in [0, 0.1) is 11.3 Å². The summed E-state index contributed by atoms with van der Waals surface area (Å²) in [6.07, 6.45) is 1.45. The van der Waals surface area contributed by atoms with Crippen molar-refractivity contribution in [3.05, 3.63) is 71.3 Å². The van der Waals surface area contributed by atoms with Crippen LogP contribution in [0.4, 0.5) is 0 Å². The SMILES string of the molecule is O=C(O)C12CNC(c3ccccc3)C1Cc1ccccc1C2. The lowest BCUT2D eigenvalue weighted by Crippen LogP contribution is -2.44. The number of fused-ring (bicyclic) bond motifs is 2. The summed E-state index contributed by atoms with van der Waals surface area (Å²) in [6.45, 7) is 0.543. The molecule has 0 amide bonds. The van der Waals surface area contributed by atoms with Gasteiger partial charge in [-0.2, -0.15) is 0 Å². The van der Waals surface area contributed by atoms with Gasteiger partial charge < -0.3 is 10.4 Å². The van der Waals surface area contributed by atoms with E-state index in [1.165, 1.54) is 16.7 Å². The number of benzene rings is 2. The second kappa shape index (κ2) is 4.96. The van der Waals surface area contributed by atoms with Crippen LogP contribution in [-0.4, -0.2) is 17.6 Å². The molecule has 0 aromatic heterocycles. The molecular weight excluding hydrogens is 274 g/mol. The monoisotopic (exact) mass is 293 g/mol. The van der Waals surface area contributed by atoms with Crippen LogP contribution >= 0.6 is 0 Å². The van der Waals surface area contributed by atoms with E-state index in [1.54, 1.807) is 0 Å². The zero-order valence-electron chi connectivity index (χ0n) is 12.3. The van der Waals surface area contributed by atoms with Gasteiger partial charge in [0.15, 0.2) is 0 Å². The van der Waals surface area contributed by atoms with Crippen molar-refractivity contribution in [3.8, 4) is 0 Å². The predicted octanol–water partition coefficient (Wildman–Crippen LogP) is 2.82. The fourth-order valence-electron chi connectivity index (χ4n) is 4.22. The maximum atomic E-state index is 12.1. The molecule has 1 saturated heterocycles. The molecule has 2 aromatic rings. The number of aliphatic carboxylic acids is 1. The van der Waals surface area contributed by atoms with Gasteiger partial charge in [0, 0.05) is 18.5 Å². The summed E-state index contributed by atoms with van der Waals surface area (Å²) in [5, 5.41) is 13.4. The average Bonchev–Trinajstić information content (AvgIpc) is 2.93. The molecule has 1 heterocycles. The smallest absolute Gasteiger partial charge is 0.311 e. The molecule has 0 spiro atoms. The summed E-state index contributed by atoms with van der Waals surface area (Å²) in [5.74, 6) is -0.569. The summed E-state index contributed by atoms with van der Waals surface area (Å²) >= 11 is 0. The lowest BCUT2D eigenvalue weighted by Gasteiger charge is -2.38. The van der Waals surface area contributed by atoms with Gasteiger partial charge in [-0.05, 0) is 29.5 Å². The van der Waals surface area contributed by atoms with E-state index >= 15 is 0 Å². The zero-order valence-corrected chi connectivity index (χ0v) is 12.3. The summed E-state index contributed by atoms with van der Waals surface area (Å²) in [4.78, 5) is 12.1. The Morgan fingerprint density at radius 1 is 1.05 bits per heavy atom. The minimum Gasteiger partial charge on any atom is -0.481 e. The van der Waals surface area contributed by atoms with E-state index in [0.29, 0.717) is 13.0 Å². The highest BCUT2D eigenvalue weighted by Crippen LogP contribution is 2.50. The molecule has 3 atom stereocenters. The van der Waals surface area contributed by atoms with E-state index in [-0.39, 0.29) is 12.0 Å². The summed E-state index contributed by atoms with van der Waals surface area (Å²) in [7, 11) is 0. The normalized spacial score (nSPS) is 29.6. The highest BCUT2D eigenvalue weighted by molar-refractivity contribution is 5.77. The molecule has 0 radical (unpaired) electrons. The Hall–Kier alpha value is -2.13. The number of carboxylic acid groups (broad SMARTS) is 1. The van der Waals surface area contributed by atoms with Gasteiger partial charge in [0.05, 0.1) is 5.41 Å². The molecule has 1 aliphatic heterocycles. The van der Waals surface area contributed by atoms with Crippen LogP contribution in [0.25, 0.3) is 0 Å². The van der Waals surface area contributed by atoms with Crippen LogP contribution in [-0.2, 0) is 17.6 Å². The van der Waals surface area contributed by atoms with Gasteiger partial charge in [0.1, 0.15) is 0 Å². The Morgan fingerprint density at radius 2 is 1.73 bits per heavy atom. The first kappa shape index (κ1) is 13.5. The molecule has 3 nitrogen and oxygen atoms in total. The molecule has 112 valence electrons. The molecule has 1 aliphatic carbocycles. The van der Waals surface area contributed by atoms with Gasteiger partial charge in [-0.3, -0.25) is 4.79 Å². The molecule has 22 heavy (non-hydrogen) atoms. The Labute approximate surface area is 130 Å². The van der Waals surface area contributed by atoms with Crippen molar-refractivity contribution in [3.63, 3.8) is 0 Å². The number of carbonyl (C=O) groups is 1. The van der Waals surface area contributed by atoms with Crippen molar-refractivity contribution in [2.75, 3.05) is 6.54 Å². The Balaban J connectivity index is 1.79. The molecule has 0 saturated carbocycles. The van der Waals surface area contributed by atoms with Crippen LogP contribution in [0.2, 0.25) is 0 Å². The number of hydrogen-bond acceptors (Lipinski definition) is 2. The Bertz CT molecular complexity index is 712. The van der Waals surface area contributed by atoms with Gasteiger partial charge in [-0.25, -0.2) is 0 Å². The van der Waals surface area contributed by atoms with E-state index in [4.69, 9.17) is 0 Å². The maximum Gasteiger partial charge on any atom is 0.311 e. The van der Waals surface area contributed by atoms with Crippen LogP contribution in [0.1, 0.15) is 22.7 Å². The molecule has 3 heteroatoms. The number of nitrogens with one attached hydrogen (secondary N) is 1. The molecule has 1 fully saturated rings. The lowest BCUT2D eigenvalue weighted by molar-refractivity contribution is -0.151. The third-order valence-corrected chi connectivity index (χ3v) is 5.40. The number of hydrogen-bond donors (Lipinski definition) is 2. The largest absolute Gasteiger partial charge is 0.481 e. The molecule has 4 rings (SSSR count). The zero-order chi connectivity index (χ0) is 15.2. The molecule has 2 aromatic carbocycles. The fourth-order valence-corrected chi connectivity index (χ4v) is 4.22. The topological polar surface area (TPSA) is 49.3 Å². The summed E-state index contributed by atoms with van der Waals surface area (Å²) in [6, 6.07) is 18.6. The van der Waals surface area contributed by atoms with Gasteiger partial charge in [0.2, 0.25) is 0 Å². The molecule has 2 N–H and O–H groups in total. The van der Waals surface area contributed by atoms with Crippen molar-refractivity contribution < 1.29 is 9.90 Å². The Morgan fingerprint density at radius 3 is 2.45 bits per heavy atom. The Kier molecular flexibility index (Phi) is 3.05. The molecule has 0 bridgehead atoms. The van der Waals surface area contributed by atoms with Gasteiger partial charge in [-0.15, -0.1) is 0 Å².